The number of rotatable bonds is 3. The lowest BCUT2D eigenvalue weighted by Gasteiger charge is -2.22. The van der Waals surface area contributed by atoms with Gasteiger partial charge in [-0.3, -0.25) is 0 Å². The van der Waals surface area contributed by atoms with Crippen LogP contribution in [0.4, 0.5) is 23.2 Å². The first-order chi connectivity index (χ1) is 8.25. The van der Waals surface area contributed by atoms with Crippen molar-refractivity contribution in [3.8, 4) is 0 Å². The van der Waals surface area contributed by atoms with E-state index in [0.29, 0.717) is 0 Å². The van der Waals surface area contributed by atoms with Gasteiger partial charge in [-0.2, -0.15) is 13.2 Å². The Hall–Kier alpha value is -1.37. The van der Waals surface area contributed by atoms with Crippen LogP contribution in [-0.4, -0.2) is 16.7 Å². The largest absolute Gasteiger partial charge is 0.411 e. The Morgan fingerprint density at radius 3 is 2.33 bits per heavy atom. The van der Waals surface area contributed by atoms with Crippen LogP contribution in [0.25, 0.3) is 0 Å². The van der Waals surface area contributed by atoms with Gasteiger partial charge in [-0.25, -0.2) is 4.39 Å². The summed E-state index contributed by atoms with van der Waals surface area (Å²) < 4.78 is 51.7. The fraction of sp³-hybridized carbons (Fsp3) is 0.364. The van der Waals surface area contributed by atoms with E-state index < -0.39 is 17.5 Å². The van der Waals surface area contributed by atoms with Crippen molar-refractivity contribution in [3.05, 3.63) is 29.6 Å². The van der Waals surface area contributed by atoms with Gasteiger partial charge in [0, 0.05) is 5.56 Å². The maximum absolute atomic E-state index is 13.6. The van der Waals surface area contributed by atoms with Crippen molar-refractivity contribution in [2.75, 3.05) is 5.32 Å². The molecular formula is C11H10F4N2S. The average Bonchev–Trinajstić information content (AvgIpc) is 3.01. The van der Waals surface area contributed by atoms with Gasteiger partial charge in [-0.05, 0) is 31.0 Å². The molecule has 1 aliphatic carbocycles. The molecule has 0 aromatic heterocycles. The Morgan fingerprint density at radius 1 is 1.33 bits per heavy atom. The zero-order valence-corrected chi connectivity index (χ0v) is 9.96. The summed E-state index contributed by atoms with van der Waals surface area (Å²) in [6, 6.07) is 3.63. The summed E-state index contributed by atoms with van der Waals surface area (Å²) >= 11 is 4.66. The molecule has 0 heterocycles. The average molecular weight is 278 g/mol. The second-order valence-electron chi connectivity index (χ2n) is 4.26. The molecule has 18 heavy (non-hydrogen) atoms. The van der Waals surface area contributed by atoms with E-state index in [9.17, 15) is 17.6 Å². The number of nitrogens with two attached hydrogens (primary N) is 1. The fourth-order valence-corrected chi connectivity index (χ4v) is 1.76. The van der Waals surface area contributed by atoms with Gasteiger partial charge in [-0.15, -0.1) is 0 Å². The highest BCUT2D eigenvalue weighted by Crippen LogP contribution is 2.51. The van der Waals surface area contributed by atoms with E-state index in [1.165, 1.54) is 12.1 Å². The second-order valence-corrected chi connectivity index (χ2v) is 4.70. The van der Waals surface area contributed by atoms with Gasteiger partial charge in [0.1, 0.15) is 16.3 Å². The lowest BCUT2D eigenvalue weighted by molar-refractivity contribution is -0.151. The van der Waals surface area contributed by atoms with Crippen LogP contribution in [-0.2, 0) is 0 Å². The number of alkyl halides is 3. The van der Waals surface area contributed by atoms with Crippen LogP contribution in [0, 0.1) is 5.82 Å². The van der Waals surface area contributed by atoms with E-state index in [0.717, 1.165) is 6.07 Å². The predicted molar refractivity (Wildman–Crippen MR) is 63.9 cm³/mol. The van der Waals surface area contributed by atoms with Crippen LogP contribution in [0.1, 0.15) is 18.4 Å². The summed E-state index contributed by atoms with van der Waals surface area (Å²) in [5.74, 6) is -0.796. The fourth-order valence-electron chi connectivity index (χ4n) is 1.63. The molecule has 1 fully saturated rings. The van der Waals surface area contributed by atoms with Crippen molar-refractivity contribution in [1.82, 2.24) is 0 Å². The summed E-state index contributed by atoms with van der Waals surface area (Å²) in [7, 11) is 0. The summed E-state index contributed by atoms with van der Waals surface area (Å²) in [5.41, 5.74) is 3.41. The molecule has 2 rings (SSSR count). The van der Waals surface area contributed by atoms with E-state index in [1.54, 1.807) is 0 Å². The summed E-state index contributed by atoms with van der Waals surface area (Å²) in [6.45, 7) is 0. The minimum absolute atomic E-state index is 0.00240. The lowest BCUT2D eigenvalue weighted by Crippen LogP contribution is -2.38. The van der Waals surface area contributed by atoms with Crippen molar-refractivity contribution in [3.63, 3.8) is 0 Å². The Labute approximate surface area is 106 Å². The molecule has 0 unspecified atom stereocenters. The minimum Gasteiger partial charge on any atom is -0.389 e. The molecule has 0 spiro atoms. The molecule has 0 amide bonds. The monoisotopic (exact) mass is 278 g/mol. The molecule has 0 atom stereocenters. The van der Waals surface area contributed by atoms with Crippen molar-refractivity contribution in [2.24, 2.45) is 5.73 Å². The van der Waals surface area contributed by atoms with Crippen molar-refractivity contribution < 1.29 is 17.6 Å². The molecule has 0 aliphatic heterocycles. The summed E-state index contributed by atoms with van der Waals surface area (Å²) in [4.78, 5) is -0.00240. The predicted octanol–water partition coefficient (Wildman–Crippen LogP) is 2.97. The third kappa shape index (κ3) is 2.27. The van der Waals surface area contributed by atoms with Crippen LogP contribution in [0.5, 0.6) is 0 Å². The van der Waals surface area contributed by atoms with E-state index >= 15 is 0 Å². The van der Waals surface area contributed by atoms with Crippen LogP contribution >= 0.6 is 12.2 Å². The molecule has 1 aromatic carbocycles. The number of anilines is 1. The molecular weight excluding hydrogens is 268 g/mol. The normalized spacial score (nSPS) is 17.3. The van der Waals surface area contributed by atoms with E-state index in [4.69, 9.17) is 5.73 Å². The molecule has 1 aromatic rings. The van der Waals surface area contributed by atoms with Gasteiger partial charge in [0.15, 0.2) is 0 Å². The minimum atomic E-state index is -4.39. The molecule has 98 valence electrons. The highest BCUT2D eigenvalue weighted by molar-refractivity contribution is 7.80. The molecule has 7 heteroatoms. The molecule has 2 nitrogen and oxygen atoms in total. The van der Waals surface area contributed by atoms with Crippen LogP contribution in [0.15, 0.2) is 18.2 Å². The highest BCUT2D eigenvalue weighted by atomic mass is 32.1. The number of halogens is 4. The SMILES string of the molecule is NC(=S)c1ccc(NC2(C(F)(F)F)CC2)c(F)c1. The molecule has 1 saturated carbocycles. The van der Waals surface area contributed by atoms with Crippen LogP contribution in [0.2, 0.25) is 0 Å². The highest BCUT2D eigenvalue weighted by Gasteiger charge is 2.63. The van der Waals surface area contributed by atoms with Gasteiger partial charge in [-0.1, -0.05) is 12.2 Å². The quantitative estimate of drug-likeness (QED) is 0.659. The first-order valence-corrected chi connectivity index (χ1v) is 5.60. The zero-order valence-electron chi connectivity index (χ0n) is 9.14. The number of hydrogen-bond donors (Lipinski definition) is 2. The van der Waals surface area contributed by atoms with E-state index in [-0.39, 0.29) is 29.1 Å². The zero-order chi connectivity index (χ0) is 13.6. The Balaban J connectivity index is 2.24. The third-order valence-electron chi connectivity index (χ3n) is 2.92. The van der Waals surface area contributed by atoms with Crippen LogP contribution in [0.3, 0.4) is 0 Å². The lowest BCUT2D eigenvalue weighted by atomic mass is 10.1. The van der Waals surface area contributed by atoms with Crippen molar-refractivity contribution in [1.29, 1.82) is 0 Å². The van der Waals surface area contributed by atoms with Crippen molar-refractivity contribution >= 4 is 22.9 Å². The Kier molecular flexibility index (Phi) is 2.96. The van der Waals surface area contributed by atoms with E-state index in [1.807, 2.05) is 0 Å². The van der Waals surface area contributed by atoms with Crippen molar-refractivity contribution in [2.45, 2.75) is 24.6 Å². The van der Waals surface area contributed by atoms with E-state index in [2.05, 4.69) is 17.5 Å². The van der Waals surface area contributed by atoms with Gasteiger partial charge >= 0.3 is 6.18 Å². The maximum Gasteiger partial charge on any atom is 0.411 e. The third-order valence-corrected chi connectivity index (χ3v) is 3.16. The topological polar surface area (TPSA) is 38.0 Å². The number of benzene rings is 1. The first-order valence-electron chi connectivity index (χ1n) is 5.19. The maximum atomic E-state index is 13.6. The second kappa shape index (κ2) is 4.08. The number of nitrogens with one attached hydrogen (secondary N) is 1. The molecule has 0 saturated heterocycles. The summed E-state index contributed by atoms with van der Waals surface area (Å²) in [5, 5.41) is 2.22. The number of hydrogen-bond acceptors (Lipinski definition) is 2. The molecule has 1 aliphatic rings. The van der Waals surface area contributed by atoms with Gasteiger partial charge in [0.2, 0.25) is 0 Å². The van der Waals surface area contributed by atoms with Gasteiger partial charge in [0.05, 0.1) is 5.69 Å². The number of thiocarbonyl (C=S) groups is 1. The van der Waals surface area contributed by atoms with Crippen LogP contribution < -0.4 is 11.1 Å². The molecule has 3 N–H and O–H groups in total. The molecule has 0 bridgehead atoms. The standard InChI is InChI=1S/C11H10F4N2S/c12-7-5-6(9(16)18)1-2-8(7)17-10(3-4-10)11(13,14)15/h1-2,5,17H,3-4H2,(H2,16,18). The smallest absolute Gasteiger partial charge is 0.389 e. The first kappa shape index (κ1) is 13.1. The summed E-state index contributed by atoms with van der Waals surface area (Å²) in [6.07, 6.45) is -4.48. The van der Waals surface area contributed by atoms with Gasteiger partial charge in [0.25, 0.3) is 0 Å². The Morgan fingerprint density at radius 2 is 1.94 bits per heavy atom. The van der Waals surface area contributed by atoms with Gasteiger partial charge < -0.3 is 11.1 Å². The molecule has 0 radical (unpaired) electrons. The Bertz CT molecular complexity index is 494.